The Morgan fingerprint density at radius 3 is 2.65 bits per heavy atom. The molecule has 0 amide bonds. The van der Waals surface area contributed by atoms with Gasteiger partial charge in [0.05, 0.1) is 0 Å². The molecule has 1 N–H and O–H groups in total. The molecule has 0 spiro atoms. The molecule has 20 heavy (non-hydrogen) atoms. The zero-order valence-corrected chi connectivity index (χ0v) is 11.6. The molecule has 2 rings (SSSR count). The Labute approximate surface area is 118 Å². The van der Waals surface area contributed by atoms with Crippen LogP contribution in [-0.4, -0.2) is 16.0 Å². The summed E-state index contributed by atoms with van der Waals surface area (Å²) >= 11 is 0. The Morgan fingerprint density at radius 2 is 1.95 bits per heavy atom. The van der Waals surface area contributed by atoms with E-state index < -0.39 is 0 Å². The highest BCUT2D eigenvalue weighted by atomic mass is 19.1. The first-order valence-corrected chi connectivity index (χ1v) is 6.55. The largest absolute Gasteiger partial charge is 0.485 e. The Morgan fingerprint density at radius 1 is 1.20 bits per heavy atom. The smallest absolute Gasteiger partial charge is 0.166 e. The van der Waals surface area contributed by atoms with Crippen molar-refractivity contribution in [1.82, 2.24) is 15.3 Å². The third-order valence-corrected chi connectivity index (χ3v) is 2.63. The lowest BCUT2D eigenvalue weighted by atomic mass is 10.2. The first-order valence-electron chi connectivity index (χ1n) is 6.55. The van der Waals surface area contributed by atoms with Crippen LogP contribution in [0.15, 0.2) is 36.7 Å². The average molecular weight is 275 g/mol. The van der Waals surface area contributed by atoms with Gasteiger partial charge in [0, 0.05) is 31.0 Å². The summed E-state index contributed by atoms with van der Waals surface area (Å²) in [6.45, 7) is 4.92. The second-order valence-electron chi connectivity index (χ2n) is 4.78. The minimum absolute atomic E-state index is 0.224. The van der Waals surface area contributed by atoms with Crippen LogP contribution in [0, 0.1) is 5.82 Å². The topological polar surface area (TPSA) is 47.0 Å². The molecule has 2 aromatic rings. The lowest BCUT2D eigenvalue weighted by Gasteiger charge is -2.10. The van der Waals surface area contributed by atoms with Gasteiger partial charge >= 0.3 is 0 Å². The molecule has 0 aliphatic carbocycles. The van der Waals surface area contributed by atoms with E-state index in [-0.39, 0.29) is 12.4 Å². The van der Waals surface area contributed by atoms with Gasteiger partial charge in [-0.1, -0.05) is 13.8 Å². The number of hydrogen-bond acceptors (Lipinski definition) is 4. The van der Waals surface area contributed by atoms with Gasteiger partial charge in [-0.15, -0.1) is 0 Å². The van der Waals surface area contributed by atoms with E-state index in [1.54, 1.807) is 18.5 Å². The standard InChI is InChI=1S/C15H18FN3O/c1-11(2)19-9-12-6-13(16)8-14(7-12)20-10-15-17-4-3-5-18-15/h3-8,11,19H,9-10H2,1-2H3. The predicted octanol–water partition coefficient (Wildman–Crippen LogP) is 2.69. The van der Waals surface area contributed by atoms with Gasteiger partial charge < -0.3 is 10.1 Å². The van der Waals surface area contributed by atoms with E-state index in [1.165, 1.54) is 12.1 Å². The van der Waals surface area contributed by atoms with Crippen molar-refractivity contribution < 1.29 is 9.13 Å². The van der Waals surface area contributed by atoms with Crippen LogP contribution in [0.4, 0.5) is 4.39 Å². The maximum Gasteiger partial charge on any atom is 0.166 e. The van der Waals surface area contributed by atoms with Gasteiger partial charge in [0.2, 0.25) is 0 Å². The number of nitrogens with zero attached hydrogens (tertiary/aromatic N) is 2. The molecule has 0 unspecified atom stereocenters. The molecule has 1 heterocycles. The Balaban J connectivity index is 2.00. The van der Waals surface area contributed by atoms with Crippen LogP contribution in [-0.2, 0) is 13.2 Å². The van der Waals surface area contributed by atoms with Crippen molar-refractivity contribution in [2.45, 2.75) is 33.0 Å². The van der Waals surface area contributed by atoms with Gasteiger partial charge in [0.25, 0.3) is 0 Å². The van der Waals surface area contributed by atoms with Crippen molar-refractivity contribution in [1.29, 1.82) is 0 Å². The Kier molecular flexibility index (Phi) is 5.01. The molecule has 0 atom stereocenters. The second-order valence-corrected chi connectivity index (χ2v) is 4.78. The van der Waals surface area contributed by atoms with Crippen LogP contribution < -0.4 is 10.1 Å². The van der Waals surface area contributed by atoms with Crippen LogP contribution in [0.25, 0.3) is 0 Å². The highest BCUT2D eigenvalue weighted by Crippen LogP contribution is 2.17. The first kappa shape index (κ1) is 14.4. The fourth-order valence-electron chi connectivity index (χ4n) is 1.68. The van der Waals surface area contributed by atoms with Crippen LogP contribution in [0.5, 0.6) is 5.75 Å². The summed E-state index contributed by atoms with van der Waals surface area (Å²) in [6.07, 6.45) is 3.30. The summed E-state index contributed by atoms with van der Waals surface area (Å²) in [5, 5.41) is 3.24. The van der Waals surface area contributed by atoms with E-state index in [4.69, 9.17) is 4.74 Å². The lowest BCUT2D eigenvalue weighted by Crippen LogP contribution is -2.21. The molecule has 1 aromatic heterocycles. The zero-order chi connectivity index (χ0) is 14.4. The molecule has 0 fully saturated rings. The minimum atomic E-state index is -0.308. The average Bonchev–Trinajstić information content (AvgIpc) is 2.44. The maximum atomic E-state index is 13.5. The van der Waals surface area contributed by atoms with Gasteiger partial charge in [-0.2, -0.15) is 0 Å². The summed E-state index contributed by atoms with van der Waals surface area (Å²) in [6, 6.07) is 6.77. The molecule has 0 aliphatic rings. The SMILES string of the molecule is CC(C)NCc1cc(F)cc(OCc2ncccn2)c1. The molecule has 0 bridgehead atoms. The first-order chi connectivity index (χ1) is 9.63. The Bertz CT molecular complexity index is 546. The van der Waals surface area contributed by atoms with Gasteiger partial charge in [-0.25, -0.2) is 14.4 Å². The number of rotatable bonds is 6. The molecule has 0 saturated carbocycles. The number of hydrogen-bond donors (Lipinski definition) is 1. The quantitative estimate of drug-likeness (QED) is 0.880. The zero-order valence-electron chi connectivity index (χ0n) is 11.6. The summed E-state index contributed by atoms with van der Waals surface area (Å²) < 4.78 is 19.1. The predicted molar refractivity (Wildman–Crippen MR) is 74.7 cm³/mol. The number of aromatic nitrogens is 2. The molecule has 4 nitrogen and oxygen atoms in total. The molecule has 0 radical (unpaired) electrons. The van der Waals surface area contributed by atoms with Crippen LogP contribution in [0.3, 0.4) is 0 Å². The summed E-state index contributed by atoms with van der Waals surface area (Å²) in [4.78, 5) is 8.11. The molecule has 0 saturated heterocycles. The van der Waals surface area contributed by atoms with E-state index >= 15 is 0 Å². The van der Waals surface area contributed by atoms with Crippen molar-refractivity contribution in [2.75, 3.05) is 0 Å². The van der Waals surface area contributed by atoms with Crippen LogP contribution in [0.2, 0.25) is 0 Å². The van der Waals surface area contributed by atoms with Gasteiger partial charge in [0.1, 0.15) is 18.2 Å². The van der Waals surface area contributed by atoms with Gasteiger partial charge in [0.15, 0.2) is 5.82 Å². The van der Waals surface area contributed by atoms with Crippen molar-refractivity contribution >= 4 is 0 Å². The molecular formula is C15H18FN3O. The molecule has 0 aliphatic heterocycles. The van der Waals surface area contributed by atoms with E-state index in [1.807, 2.05) is 19.9 Å². The minimum Gasteiger partial charge on any atom is -0.485 e. The number of halogens is 1. The second kappa shape index (κ2) is 6.96. The highest BCUT2D eigenvalue weighted by molar-refractivity contribution is 5.29. The lowest BCUT2D eigenvalue weighted by molar-refractivity contribution is 0.294. The summed E-state index contributed by atoms with van der Waals surface area (Å²) in [5.41, 5.74) is 0.850. The van der Waals surface area contributed by atoms with Crippen molar-refractivity contribution in [3.05, 3.63) is 53.9 Å². The summed E-state index contributed by atoms with van der Waals surface area (Å²) in [7, 11) is 0. The highest BCUT2D eigenvalue weighted by Gasteiger charge is 2.04. The molecule has 1 aromatic carbocycles. The normalized spacial score (nSPS) is 10.8. The third kappa shape index (κ3) is 4.59. The summed E-state index contributed by atoms with van der Waals surface area (Å²) in [5.74, 6) is 0.744. The van der Waals surface area contributed by atoms with E-state index in [9.17, 15) is 4.39 Å². The number of benzene rings is 1. The maximum absolute atomic E-state index is 13.5. The monoisotopic (exact) mass is 275 g/mol. The van der Waals surface area contributed by atoms with Crippen molar-refractivity contribution in [3.63, 3.8) is 0 Å². The van der Waals surface area contributed by atoms with Gasteiger partial charge in [-0.05, 0) is 23.8 Å². The Hall–Kier alpha value is -2.01. The van der Waals surface area contributed by atoms with E-state index in [0.717, 1.165) is 5.56 Å². The number of ether oxygens (including phenoxy) is 1. The molecule has 106 valence electrons. The van der Waals surface area contributed by atoms with Crippen LogP contribution >= 0.6 is 0 Å². The molecule has 5 heteroatoms. The number of nitrogens with one attached hydrogen (secondary N) is 1. The molecular weight excluding hydrogens is 257 g/mol. The van der Waals surface area contributed by atoms with E-state index in [0.29, 0.717) is 24.2 Å². The van der Waals surface area contributed by atoms with Gasteiger partial charge in [-0.3, -0.25) is 0 Å². The third-order valence-electron chi connectivity index (χ3n) is 2.63. The van der Waals surface area contributed by atoms with E-state index in [2.05, 4.69) is 15.3 Å². The van der Waals surface area contributed by atoms with Crippen molar-refractivity contribution in [3.8, 4) is 5.75 Å². The van der Waals surface area contributed by atoms with Crippen LogP contribution in [0.1, 0.15) is 25.2 Å². The fraction of sp³-hybridized carbons (Fsp3) is 0.333. The fourth-order valence-corrected chi connectivity index (χ4v) is 1.68. The van der Waals surface area contributed by atoms with Crippen molar-refractivity contribution in [2.24, 2.45) is 0 Å².